The summed E-state index contributed by atoms with van der Waals surface area (Å²) in [5, 5.41) is 3.82. The van der Waals surface area contributed by atoms with Gasteiger partial charge in [0.1, 0.15) is 0 Å². The lowest BCUT2D eigenvalue weighted by atomic mass is 9.87. The van der Waals surface area contributed by atoms with Gasteiger partial charge in [0, 0.05) is 17.3 Å². The van der Waals surface area contributed by atoms with Gasteiger partial charge in [0.05, 0.1) is 11.8 Å². The normalized spacial score (nSPS) is 16.6. The molecule has 1 aromatic rings. The number of nitrogens with one attached hydrogen (secondary N) is 1. The molecule has 2 rings (SSSR count). The Kier molecular flexibility index (Phi) is 4.26. The van der Waals surface area contributed by atoms with Gasteiger partial charge in [0.25, 0.3) is 0 Å². The standard InChI is InChI=1S/C17H24N4O/c1-11(2)21-15-7-6-13(10-19-20-16(18)22)8-14(15)12(3)9-17(21,4)5/h6-11H,1-5H3,(H3,18,20,22)/b19-10-. The van der Waals surface area contributed by atoms with Crippen molar-refractivity contribution in [2.75, 3.05) is 4.90 Å². The Labute approximate surface area is 131 Å². The topological polar surface area (TPSA) is 70.7 Å². The smallest absolute Gasteiger partial charge is 0.332 e. The molecule has 5 nitrogen and oxygen atoms in total. The molecule has 0 atom stereocenters. The van der Waals surface area contributed by atoms with E-state index in [2.05, 4.69) is 68.3 Å². The molecule has 0 aliphatic carbocycles. The van der Waals surface area contributed by atoms with Gasteiger partial charge in [-0.15, -0.1) is 0 Å². The van der Waals surface area contributed by atoms with Crippen LogP contribution in [0.25, 0.3) is 5.57 Å². The van der Waals surface area contributed by atoms with Gasteiger partial charge in [-0.25, -0.2) is 10.2 Å². The summed E-state index contributed by atoms with van der Waals surface area (Å²) in [6.07, 6.45) is 3.88. The summed E-state index contributed by atoms with van der Waals surface area (Å²) in [5.41, 5.74) is 11.8. The van der Waals surface area contributed by atoms with E-state index in [0.717, 1.165) is 5.56 Å². The summed E-state index contributed by atoms with van der Waals surface area (Å²) in [7, 11) is 0. The van der Waals surface area contributed by atoms with Gasteiger partial charge in [0.15, 0.2) is 0 Å². The van der Waals surface area contributed by atoms with Crippen molar-refractivity contribution in [3.05, 3.63) is 35.4 Å². The maximum atomic E-state index is 10.6. The van der Waals surface area contributed by atoms with Crippen LogP contribution in [-0.4, -0.2) is 23.8 Å². The molecule has 5 heteroatoms. The van der Waals surface area contributed by atoms with E-state index in [1.165, 1.54) is 16.8 Å². The van der Waals surface area contributed by atoms with Crippen LogP contribution < -0.4 is 16.1 Å². The number of benzene rings is 1. The summed E-state index contributed by atoms with van der Waals surface area (Å²) in [4.78, 5) is 13.1. The average molecular weight is 300 g/mol. The number of fused-ring (bicyclic) bond motifs is 1. The molecule has 0 bridgehead atoms. The molecule has 118 valence electrons. The van der Waals surface area contributed by atoms with Crippen LogP contribution in [0, 0.1) is 0 Å². The molecule has 0 saturated heterocycles. The third kappa shape index (κ3) is 3.13. The van der Waals surface area contributed by atoms with E-state index in [4.69, 9.17) is 5.73 Å². The Hall–Kier alpha value is -2.30. The van der Waals surface area contributed by atoms with E-state index in [0.29, 0.717) is 6.04 Å². The first-order valence-corrected chi connectivity index (χ1v) is 7.44. The first kappa shape index (κ1) is 16.1. The van der Waals surface area contributed by atoms with Gasteiger partial charge in [-0.05, 0) is 57.9 Å². The number of carbonyl (C=O) groups excluding carboxylic acids is 1. The molecular formula is C17H24N4O. The van der Waals surface area contributed by atoms with Crippen LogP contribution in [0.5, 0.6) is 0 Å². The second-order valence-electron chi connectivity index (χ2n) is 6.46. The summed E-state index contributed by atoms with van der Waals surface area (Å²) >= 11 is 0. The SMILES string of the molecule is CC1=CC(C)(C)N(C(C)C)c2ccc(/C=N\NC(N)=O)cc21. The fourth-order valence-corrected chi connectivity index (χ4v) is 3.26. The van der Waals surface area contributed by atoms with Gasteiger partial charge in [-0.3, -0.25) is 0 Å². The lowest BCUT2D eigenvalue weighted by Crippen LogP contribution is -2.49. The number of allylic oxidation sites excluding steroid dienone is 1. The maximum absolute atomic E-state index is 10.6. The van der Waals surface area contributed by atoms with Crippen LogP contribution in [0.15, 0.2) is 29.4 Å². The van der Waals surface area contributed by atoms with Gasteiger partial charge in [-0.2, -0.15) is 5.10 Å². The number of hydrazone groups is 1. The predicted molar refractivity (Wildman–Crippen MR) is 92.1 cm³/mol. The van der Waals surface area contributed by atoms with E-state index < -0.39 is 6.03 Å². The zero-order chi connectivity index (χ0) is 16.5. The van der Waals surface area contributed by atoms with Crippen molar-refractivity contribution < 1.29 is 4.79 Å². The Morgan fingerprint density at radius 1 is 1.41 bits per heavy atom. The Balaban J connectivity index is 2.43. The third-order valence-corrected chi connectivity index (χ3v) is 3.80. The maximum Gasteiger partial charge on any atom is 0.332 e. The van der Waals surface area contributed by atoms with Crippen LogP contribution in [-0.2, 0) is 0 Å². The van der Waals surface area contributed by atoms with E-state index >= 15 is 0 Å². The van der Waals surface area contributed by atoms with Crippen molar-refractivity contribution in [1.82, 2.24) is 5.43 Å². The highest BCUT2D eigenvalue weighted by atomic mass is 16.2. The van der Waals surface area contributed by atoms with Gasteiger partial charge < -0.3 is 10.6 Å². The summed E-state index contributed by atoms with van der Waals surface area (Å²) in [5.74, 6) is 0. The van der Waals surface area contributed by atoms with Gasteiger partial charge in [-0.1, -0.05) is 12.1 Å². The second-order valence-corrected chi connectivity index (χ2v) is 6.46. The molecule has 0 spiro atoms. The predicted octanol–water partition coefficient (Wildman–Crippen LogP) is 3.10. The molecule has 1 heterocycles. The van der Waals surface area contributed by atoms with E-state index in [1.54, 1.807) is 6.21 Å². The molecule has 2 amide bonds. The van der Waals surface area contributed by atoms with Crippen LogP contribution in [0.4, 0.5) is 10.5 Å². The highest BCUT2D eigenvalue weighted by Gasteiger charge is 2.32. The molecule has 3 N–H and O–H groups in total. The van der Waals surface area contributed by atoms with E-state index in [1.807, 2.05) is 6.07 Å². The number of hydrogen-bond donors (Lipinski definition) is 2. The molecule has 0 radical (unpaired) electrons. The number of carbonyl (C=O) groups is 1. The van der Waals surface area contributed by atoms with Crippen LogP contribution in [0.3, 0.4) is 0 Å². The van der Waals surface area contributed by atoms with Crippen LogP contribution >= 0.6 is 0 Å². The lowest BCUT2D eigenvalue weighted by Gasteiger charge is -2.46. The average Bonchev–Trinajstić information content (AvgIpc) is 2.37. The Morgan fingerprint density at radius 3 is 2.68 bits per heavy atom. The highest BCUT2D eigenvalue weighted by molar-refractivity contribution is 5.88. The molecule has 1 aromatic carbocycles. The Bertz CT molecular complexity index is 644. The lowest BCUT2D eigenvalue weighted by molar-refractivity contribution is 0.249. The number of hydrogen-bond acceptors (Lipinski definition) is 3. The molecule has 0 unspecified atom stereocenters. The summed E-state index contributed by atoms with van der Waals surface area (Å²) < 4.78 is 0. The number of anilines is 1. The van der Waals surface area contributed by atoms with Gasteiger partial charge in [0.2, 0.25) is 0 Å². The highest BCUT2D eigenvalue weighted by Crippen LogP contribution is 2.40. The van der Waals surface area contributed by atoms with Gasteiger partial charge >= 0.3 is 6.03 Å². The first-order chi connectivity index (χ1) is 10.2. The van der Waals surface area contributed by atoms with Crippen molar-refractivity contribution in [3.8, 4) is 0 Å². The minimum atomic E-state index is -0.669. The van der Waals surface area contributed by atoms with Crippen molar-refractivity contribution in [2.45, 2.75) is 46.2 Å². The molecule has 0 saturated carbocycles. The summed E-state index contributed by atoms with van der Waals surface area (Å²) in [6.45, 7) is 11.0. The van der Waals surface area contributed by atoms with E-state index in [9.17, 15) is 4.79 Å². The monoisotopic (exact) mass is 300 g/mol. The molecule has 1 aliphatic rings. The zero-order valence-corrected chi connectivity index (χ0v) is 13.8. The van der Waals surface area contributed by atoms with Crippen molar-refractivity contribution in [3.63, 3.8) is 0 Å². The van der Waals surface area contributed by atoms with Crippen LogP contribution in [0.2, 0.25) is 0 Å². The first-order valence-electron chi connectivity index (χ1n) is 7.44. The molecular weight excluding hydrogens is 276 g/mol. The minimum Gasteiger partial charge on any atom is -0.360 e. The van der Waals surface area contributed by atoms with Crippen molar-refractivity contribution in [1.29, 1.82) is 0 Å². The number of rotatable bonds is 3. The molecule has 1 aliphatic heterocycles. The number of urea groups is 1. The third-order valence-electron chi connectivity index (χ3n) is 3.80. The van der Waals surface area contributed by atoms with E-state index in [-0.39, 0.29) is 5.54 Å². The number of nitrogens with zero attached hydrogens (tertiary/aromatic N) is 2. The Morgan fingerprint density at radius 2 is 2.09 bits per heavy atom. The fourth-order valence-electron chi connectivity index (χ4n) is 3.26. The molecule has 0 aromatic heterocycles. The quantitative estimate of drug-likeness (QED) is 0.665. The summed E-state index contributed by atoms with van der Waals surface area (Å²) in [6, 6.07) is 5.92. The number of primary amides is 1. The van der Waals surface area contributed by atoms with Crippen LogP contribution in [0.1, 0.15) is 45.7 Å². The largest absolute Gasteiger partial charge is 0.360 e. The second kappa shape index (κ2) is 5.83. The zero-order valence-electron chi connectivity index (χ0n) is 13.8. The fraction of sp³-hybridized carbons (Fsp3) is 0.412. The molecule has 0 fully saturated rings. The number of amides is 2. The number of nitrogens with two attached hydrogens (primary N) is 1. The molecule has 22 heavy (non-hydrogen) atoms. The van der Waals surface area contributed by atoms with Crippen molar-refractivity contribution >= 4 is 23.5 Å². The van der Waals surface area contributed by atoms with Crippen molar-refractivity contribution in [2.24, 2.45) is 10.8 Å². The minimum absolute atomic E-state index is 0.0195.